The topological polar surface area (TPSA) is 43.1 Å². The second-order valence-corrected chi connectivity index (χ2v) is 2.85. The Labute approximate surface area is 79.3 Å². The molecule has 0 heterocycles. The highest BCUT2D eigenvalue weighted by Crippen LogP contribution is 2.26. The first kappa shape index (κ1) is 9.92. The first-order chi connectivity index (χ1) is 6.07. The van der Waals surface area contributed by atoms with Crippen LogP contribution in [-0.4, -0.2) is 4.92 Å². The second-order valence-electron chi connectivity index (χ2n) is 2.58. The van der Waals surface area contributed by atoms with Gasteiger partial charge in [0.25, 0.3) is 0 Å². The standard InChI is InChI=1S/C8H7ClFNO2/c1-5-2-3-7(10)8(11(12)13)6(5)4-9/h2-3H,4H2,1H3. The van der Waals surface area contributed by atoms with E-state index in [-0.39, 0.29) is 11.4 Å². The maximum atomic E-state index is 13.0. The molecule has 0 saturated heterocycles. The van der Waals surface area contributed by atoms with E-state index in [0.29, 0.717) is 5.56 Å². The lowest BCUT2D eigenvalue weighted by molar-refractivity contribution is -0.388. The van der Waals surface area contributed by atoms with E-state index in [1.165, 1.54) is 6.07 Å². The largest absolute Gasteiger partial charge is 0.309 e. The molecule has 0 bridgehead atoms. The normalized spacial score (nSPS) is 10.1. The van der Waals surface area contributed by atoms with Gasteiger partial charge >= 0.3 is 5.69 Å². The molecule has 0 radical (unpaired) electrons. The molecular weight excluding hydrogens is 197 g/mol. The molecule has 0 atom stereocenters. The summed E-state index contributed by atoms with van der Waals surface area (Å²) >= 11 is 5.48. The molecule has 70 valence electrons. The van der Waals surface area contributed by atoms with Gasteiger partial charge in [0.05, 0.1) is 16.4 Å². The highest BCUT2D eigenvalue weighted by Gasteiger charge is 2.20. The summed E-state index contributed by atoms with van der Waals surface area (Å²) in [4.78, 5) is 9.71. The third kappa shape index (κ3) is 1.78. The van der Waals surface area contributed by atoms with Gasteiger partial charge in [0, 0.05) is 0 Å². The zero-order chi connectivity index (χ0) is 10.0. The molecule has 0 amide bonds. The summed E-state index contributed by atoms with van der Waals surface area (Å²) in [6, 6.07) is 2.55. The molecule has 0 spiro atoms. The smallest absolute Gasteiger partial charge is 0.258 e. The molecule has 0 aliphatic rings. The molecular formula is C8H7ClFNO2. The zero-order valence-corrected chi connectivity index (χ0v) is 7.64. The lowest BCUT2D eigenvalue weighted by atomic mass is 10.1. The van der Waals surface area contributed by atoms with E-state index in [4.69, 9.17) is 11.6 Å². The van der Waals surface area contributed by atoms with Gasteiger partial charge in [0.1, 0.15) is 0 Å². The monoisotopic (exact) mass is 203 g/mol. The quantitative estimate of drug-likeness (QED) is 0.421. The molecule has 0 aliphatic carbocycles. The summed E-state index contributed by atoms with van der Waals surface area (Å²) < 4.78 is 13.0. The van der Waals surface area contributed by atoms with Crippen LogP contribution < -0.4 is 0 Å². The van der Waals surface area contributed by atoms with Crippen molar-refractivity contribution in [3.8, 4) is 0 Å². The lowest BCUT2D eigenvalue weighted by Gasteiger charge is -2.03. The zero-order valence-electron chi connectivity index (χ0n) is 6.88. The third-order valence-electron chi connectivity index (χ3n) is 1.78. The fraction of sp³-hybridized carbons (Fsp3) is 0.250. The van der Waals surface area contributed by atoms with E-state index < -0.39 is 16.4 Å². The summed E-state index contributed by atoms with van der Waals surface area (Å²) in [5.41, 5.74) is 0.352. The van der Waals surface area contributed by atoms with Gasteiger partial charge in [-0.15, -0.1) is 11.6 Å². The number of nitro benzene ring substituents is 1. The predicted octanol–water partition coefficient (Wildman–Crippen LogP) is 2.78. The fourth-order valence-electron chi connectivity index (χ4n) is 1.07. The van der Waals surface area contributed by atoms with Crippen molar-refractivity contribution in [3.63, 3.8) is 0 Å². The maximum Gasteiger partial charge on any atom is 0.309 e. The first-order valence-corrected chi connectivity index (χ1v) is 4.09. The van der Waals surface area contributed by atoms with Gasteiger partial charge in [-0.05, 0) is 18.6 Å². The number of halogens is 2. The van der Waals surface area contributed by atoms with Crippen molar-refractivity contribution in [3.05, 3.63) is 39.2 Å². The van der Waals surface area contributed by atoms with Crippen molar-refractivity contribution < 1.29 is 9.31 Å². The van der Waals surface area contributed by atoms with Gasteiger partial charge in [-0.3, -0.25) is 10.1 Å². The van der Waals surface area contributed by atoms with Crippen LogP contribution in [0.15, 0.2) is 12.1 Å². The van der Waals surface area contributed by atoms with Gasteiger partial charge in [-0.1, -0.05) is 6.07 Å². The number of rotatable bonds is 2. The van der Waals surface area contributed by atoms with Crippen molar-refractivity contribution in [2.45, 2.75) is 12.8 Å². The average molecular weight is 204 g/mol. The Kier molecular flexibility index (Phi) is 2.83. The number of hydrogen-bond donors (Lipinski definition) is 0. The molecule has 0 unspecified atom stereocenters. The number of hydrogen-bond acceptors (Lipinski definition) is 2. The van der Waals surface area contributed by atoms with E-state index in [2.05, 4.69) is 0 Å². The number of nitro groups is 1. The van der Waals surface area contributed by atoms with Crippen LogP contribution in [0.1, 0.15) is 11.1 Å². The lowest BCUT2D eigenvalue weighted by Crippen LogP contribution is -1.99. The van der Waals surface area contributed by atoms with Gasteiger partial charge in [-0.25, -0.2) is 0 Å². The van der Waals surface area contributed by atoms with Crippen LogP contribution in [0.2, 0.25) is 0 Å². The second kappa shape index (κ2) is 3.70. The van der Waals surface area contributed by atoms with Crippen molar-refractivity contribution in [1.29, 1.82) is 0 Å². The fourth-order valence-corrected chi connectivity index (χ4v) is 1.41. The van der Waals surface area contributed by atoms with E-state index >= 15 is 0 Å². The molecule has 1 aromatic rings. The molecule has 0 N–H and O–H groups in total. The minimum atomic E-state index is -0.841. The molecule has 0 saturated carbocycles. The van der Waals surface area contributed by atoms with E-state index in [0.717, 1.165) is 6.07 Å². The molecule has 1 rings (SSSR count). The molecule has 0 fully saturated rings. The van der Waals surface area contributed by atoms with Gasteiger partial charge in [0.2, 0.25) is 5.82 Å². The maximum absolute atomic E-state index is 13.0. The molecule has 13 heavy (non-hydrogen) atoms. The number of aryl methyl sites for hydroxylation is 1. The van der Waals surface area contributed by atoms with Crippen molar-refractivity contribution in [2.75, 3.05) is 0 Å². The number of alkyl halides is 1. The molecule has 1 aromatic carbocycles. The Bertz CT molecular complexity index is 354. The van der Waals surface area contributed by atoms with Crippen molar-refractivity contribution >= 4 is 17.3 Å². The van der Waals surface area contributed by atoms with Crippen LogP contribution in [0.3, 0.4) is 0 Å². The molecule has 5 heteroatoms. The Morgan fingerprint density at radius 3 is 2.62 bits per heavy atom. The molecule has 0 aliphatic heterocycles. The van der Waals surface area contributed by atoms with Gasteiger partial charge in [0.15, 0.2) is 0 Å². The molecule has 0 aromatic heterocycles. The summed E-state index contributed by atoms with van der Waals surface area (Å²) in [6.07, 6.45) is 0. The highest BCUT2D eigenvalue weighted by molar-refractivity contribution is 6.17. The van der Waals surface area contributed by atoms with Crippen molar-refractivity contribution in [2.24, 2.45) is 0 Å². The predicted molar refractivity (Wildman–Crippen MR) is 47.3 cm³/mol. The SMILES string of the molecule is Cc1ccc(F)c([N+](=O)[O-])c1CCl. The van der Waals surface area contributed by atoms with Gasteiger partial charge < -0.3 is 0 Å². The summed E-state index contributed by atoms with van der Waals surface area (Å²) in [7, 11) is 0. The third-order valence-corrected chi connectivity index (χ3v) is 2.05. The van der Waals surface area contributed by atoms with E-state index in [1.807, 2.05) is 0 Å². The first-order valence-electron chi connectivity index (χ1n) is 3.56. The minimum absolute atomic E-state index is 0.0556. The van der Waals surface area contributed by atoms with Gasteiger partial charge in [-0.2, -0.15) is 4.39 Å². The van der Waals surface area contributed by atoms with E-state index in [9.17, 15) is 14.5 Å². The van der Waals surface area contributed by atoms with Crippen LogP contribution >= 0.6 is 11.6 Å². The van der Waals surface area contributed by atoms with Crippen LogP contribution in [-0.2, 0) is 5.88 Å². The molecule has 3 nitrogen and oxygen atoms in total. The Morgan fingerprint density at radius 1 is 1.62 bits per heavy atom. The Balaban J connectivity index is 3.43. The van der Waals surface area contributed by atoms with Crippen LogP contribution in [0.4, 0.5) is 10.1 Å². The number of nitrogens with zero attached hydrogens (tertiary/aromatic N) is 1. The Morgan fingerprint density at radius 2 is 2.23 bits per heavy atom. The summed E-state index contributed by atoms with van der Waals surface area (Å²) in [5, 5.41) is 10.5. The number of benzene rings is 1. The van der Waals surface area contributed by atoms with Crippen LogP contribution in [0.25, 0.3) is 0 Å². The summed E-state index contributed by atoms with van der Waals surface area (Å²) in [5.74, 6) is -0.897. The highest BCUT2D eigenvalue weighted by atomic mass is 35.5. The average Bonchev–Trinajstić information content (AvgIpc) is 2.07. The van der Waals surface area contributed by atoms with Crippen LogP contribution in [0, 0.1) is 22.9 Å². The van der Waals surface area contributed by atoms with Crippen LogP contribution in [0.5, 0.6) is 0 Å². The minimum Gasteiger partial charge on any atom is -0.258 e. The van der Waals surface area contributed by atoms with E-state index in [1.54, 1.807) is 6.92 Å². The van der Waals surface area contributed by atoms with Crippen molar-refractivity contribution in [1.82, 2.24) is 0 Å². The Hall–Kier alpha value is -1.16. The summed E-state index contributed by atoms with van der Waals surface area (Å²) in [6.45, 7) is 1.66.